The molecule has 0 saturated carbocycles. The van der Waals surface area contributed by atoms with Crippen molar-refractivity contribution >= 4 is 23.3 Å². The van der Waals surface area contributed by atoms with E-state index in [0.717, 1.165) is 6.07 Å². The smallest absolute Gasteiger partial charge is 0.345 e. The summed E-state index contributed by atoms with van der Waals surface area (Å²) in [6, 6.07) is 15.6. The minimum atomic E-state index is -0.890. The molecule has 0 saturated heterocycles. The van der Waals surface area contributed by atoms with Gasteiger partial charge >= 0.3 is 5.97 Å². The highest BCUT2D eigenvalue weighted by Crippen LogP contribution is 2.45. The minimum Gasteiger partial charge on any atom is -0.493 e. The molecule has 1 atom stereocenters. The van der Waals surface area contributed by atoms with E-state index in [9.17, 15) is 20.2 Å². The van der Waals surface area contributed by atoms with Crippen molar-refractivity contribution in [1.82, 2.24) is 0 Å². The highest BCUT2D eigenvalue weighted by Gasteiger charge is 2.32. The predicted octanol–water partition coefficient (Wildman–Crippen LogP) is 5.73. The highest BCUT2D eigenvalue weighted by molar-refractivity contribution is 6.33. The van der Waals surface area contributed by atoms with E-state index in [0.29, 0.717) is 35.2 Å². The maximum absolute atomic E-state index is 12.8. The van der Waals surface area contributed by atoms with Crippen molar-refractivity contribution in [1.29, 1.82) is 5.26 Å². The van der Waals surface area contributed by atoms with E-state index in [1.807, 2.05) is 19.9 Å². The maximum Gasteiger partial charge on any atom is 0.345 e. The summed E-state index contributed by atoms with van der Waals surface area (Å²) in [4.78, 5) is 23.2. The number of hydrogen-bond acceptors (Lipinski definition) is 9. The molecule has 0 amide bonds. The van der Waals surface area contributed by atoms with Gasteiger partial charge in [-0.15, -0.1) is 0 Å². The molecule has 1 aliphatic rings. The second kappa shape index (κ2) is 11.3. The summed E-state index contributed by atoms with van der Waals surface area (Å²) in [5.41, 5.74) is 7.15. The van der Waals surface area contributed by atoms with Gasteiger partial charge in [0.2, 0.25) is 5.88 Å². The summed E-state index contributed by atoms with van der Waals surface area (Å²) in [5, 5.41) is 21.0. The van der Waals surface area contributed by atoms with E-state index in [-0.39, 0.29) is 39.2 Å². The van der Waals surface area contributed by atoms with Crippen molar-refractivity contribution in [3.63, 3.8) is 0 Å². The van der Waals surface area contributed by atoms with Gasteiger partial charge in [-0.2, -0.15) is 5.26 Å². The molecule has 39 heavy (non-hydrogen) atoms. The van der Waals surface area contributed by atoms with E-state index < -0.39 is 16.8 Å². The van der Waals surface area contributed by atoms with Gasteiger partial charge in [0.05, 0.1) is 35.1 Å². The normalized spacial score (nSPS) is 14.2. The number of nitrogens with two attached hydrogens (primary N) is 1. The number of halogens is 1. The molecule has 1 aliphatic heterocycles. The number of nitrogens with zero attached hydrogens (tertiary/aromatic N) is 2. The van der Waals surface area contributed by atoms with Crippen LogP contribution in [0.2, 0.25) is 5.02 Å². The summed E-state index contributed by atoms with van der Waals surface area (Å²) in [6.07, 6.45) is 0. The lowest BCUT2D eigenvalue weighted by atomic mass is 9.83. The first kappa shape index (κ1) is 27.3. The first-order valence-corrected chi connectivity index (χ1v) is 12.2. The Labute approximate surface area is 229 Å². The summed E-state index contributed by atoms with van der Waals surface area (Å²) in [7, 11) is 1.53. The predicted molar refractivity (Wildman–Crippen MR) is 142 cm³/mol. The number of allylic oxidation sites excluding steroid dienone is 1. The summed E-state index contributed by atoms with van der Waals surface area (Å²) >= 11 is 6.07. The van der Waals surface area contributed by atoms with E-state index in [2.05, 4.69) is 6.07 Å². The first-order chi connectivity index (χ1) is 18.6. The van der Waals surface area contributed by atoms with E-state index in [1.54, 1.807) is 18.2 Å². The molecule has 3 aromatic rings. The Balaban J connectivity index is 1.68. The van der Waals surface area contributed by atoms with Gasteiger partial charge in [-0.3, -0.25) is 10.1 Å². The number of nitro groups is 1. The van der Waals surface area contributed by atoms with Gasteiger partial charge in [0, 0.05) is 23.8 Å². The molecular weight excluding hydrogens is 526 g/mol. The van der Waals surface area contributed by atoms with Crippen LogP contribution < -0.4 is 24.7 Å². The largest absolute Gasteiger partial charge is 0.493 e. The number of nitriles is 1. The van der Waals surface area contributed by atoms with Gasteiger partial charge in [0.1, 0.15) is 23.1 Å². The number of esters is 1. The number of ether oxygens (including phenoxy) is 4. The van der Waals surface area contributed by atoms with Crippen LogP contribution >= 0.6 is 11.6 Å². The molecule has 3 aromatic carbocycles. The molecule has 4 rings (SSSR count). The number of benzene rings is 3. The summed E-state index contributed by atoms with van der Waals surface area (Å²) < 4.78 is 22.5. The van der Waals surface area contributed by atoms with Gasteiger partial charge in [0.25, 0.3) is 5.69 Å². The molecule has 10 nitrogen and oxygen atoms in total. The van der Waals surface area contributed by atoms with Gasteiger partial charge in [-0.1, -0.05) is 37.6 Å². The van der Waals surface area contributed by atoms with Crippen molar-refractivity contribution in [2.24, 2.45) is 11.7 Å². The molecule has 0 aromatic heterocycles. The third-order valence-corrected chi connectivity index (χ3v) is 6.20. The lowest BCUT2D eigenvalue weighted by molar-refractivity contribution is -0.384. The van der Waals surface area contributed by atoms with Gasteiger partial charge in [0.15, 0.2) is 11.5 Å². The van der Waals surface area contributed by atoms with E-state index in [4.69, 9.17) is 36.3 Å². The van der Waals surface area contributed by atoms with E-state index >= 15 is 0 Å². The van der Waals surface area contributed by atoms with Crippen LogP contribution in [0.1, 0.15) is 41.3 Å². The molecule has 1 heterocycles. The van der Waals surface area contributed by atoms with Crippen LogP contribution in [0.3, 0.4) is 0 Å². The highest BCUT2D eigenvalue weighted by atomic mass is 35.5. The molecule has 200 valence electrons. The standard InChI is InChI=1S/C28H24ClN3O7/c1-15(2)14-37-23-9-4-16(10-25(23)36-3)26-19-7-6-18(12-24(19)39-27(31)21(26)13-30)38-28(33)20-11-17(32(34)35)5-8-22(20)29/h4-12,15,26H,14,31H2,1-3H3. The quantitative estimate of drug-likeness (QED) is 0.161. The fraction of sp³-hybridized carbons (Fsp3) is 0.214. The molecule has 11 heteroatoms. The first-order valence-electron chi connectivity index (χ1n) is 11.8. The Bertz CT molecular complexity index is 1530. The van der Waals surface area contributed by atoms with Crippen molar-refractivity contribution < 1.29 is 28.7 Å². The number of rotatable bonds is 8. The number of methoxy groups -OCH3 is 1. The van der Waals surface area contributed by atoms with Crippen LogP contribution in [0.15, 0.2) is 66.1 Å². The van der Waals surface area contributed by atoms with Gasteiger partial charge in [-0.05, 0) is 35.7 Å². The number of fused-ring (bicyclic) bond motifs is 1. The number of non-ortho nitro benzene ring substituents is 1. The number of hydrogen-bond donors (Lipinski definition) is 1. The SMILES string of the molecule is COc1cc(C2C(C#N)=C(N)Oc3cc(OC(=O)c4cc([N+](=O)[O-])ccc4Cl)ccc32)ccc1OCC(C)C. The van der Waals surface area contributed by atoms with Crippen molar-refractivity contribution in [3.05, 3.63) is 97.9 Å². The zero-order chi connectivity index (χ0) is 28.3. The topological polar surface area (TPSA) is 147 Å². The number of carbonyl (C=O) groups is 1. The van der Waals surface area contributed by atoms with E-state index in [1.165, 1.54) is 31.4 Å². The molecule has 2 N–H and O–H groups in total. The van der Waals surface area contributed by atoms with Crippen LogP contribution in [0.5, 0.6) is 23.0 Å². The lowest BCUT2D eigenvalue weighted by Gasteiger charge is -2.27. The van der Waals surface area contributed by atoms with Crippen molar-refractivity contribution in [3.8, 4) is 29.1 Å². The van der Waals surface area contributed by atoms with Gasteiger partial charge < -0.3 is 24.7 Å². The van der Waals surface area contributed by atoms with Crippen LogP contribution in [0, 0.1) is 27.4 Å². The Morgan fingerprint density at radius 3 is 2.62 bits per heavy atom. The number of carbonyl (C=O) groups excluding carboxylic acids is 1. The second-order valence-electron chi connectivity index (χ2n) is 9.05. The third kappa shape index (κ3) is 5.73. The third-order valence-electron chi connectivity index (χ3n) is 5.87. The van der Waals surface area contributed by atoms with Gasteiger partial charge in [-0.25, -0.2) is 4.79 Å². The van der Waals surface area contributed by atoms with Crippen molar-refractivity contribution in [2.45, 2.75) is 19.8 Å². The zero-order valence-electron chi connectivity index (χ0n) is 21.3. The second-order valence-corrected chi connectivity index (χ2v) is 9.46. The molecule has 0 fully saturated rings. The summed E-state index contributed by atoms with van der Waals surface area (Å²) in [5.74, 6) is 0.160. The Morgan fingerprint density at radius 2 is 1.95 bits per heavy atom. The van der Waals surface area contributed by atoms with Crippen LogP contribution in [-0.2, 0) is 0 Å². The fourth-order valence-corrected chi connectivity index (χ4v) is 4.22. The summed E-state index contributed by atoms with van der Waals surface area (Å²) in [6.45, 7) is 4.59. The van der Waals surface area contributed by atoms with Crippen LogP contribution in [-0.4, -0.2) is 24.6 Å². The average Bonchev–Trinajstić information content (AvgIpc) is 2.90. The van der Waals surface area contributed by atoms with Crippen LogP contribution in [0.4, 0.5) is 5.69 Å². The van der Waals surface area contributed by atoms with Crippen LogP contribution in [0.25, 0.3) is 0 Å². The molecule has 0 bridgehead atoms. The molecule has 0 radical (unpaired) electrons. The maximum atomic E-state index is 12.8. The average molecular weight is 550 g/mol. The molecular formula is C28H24ClN3O7. The van der Waals surface area contributed by atoms with Crippen molar-refractivity contribution in [2.75, 3.05) is 13.7 Å². The number of nitro benzene ring substituents is 1. The molecule has 0 aliphatic carbocycles. The Morgan fingerprint density at radius 1 is 1.18 bits per heavy atom. The monoisotopic (exact) mass is 549 g/mol. The minimum absolute atomic E-state index is 0.000446. The Kier molecular flexibility index (Phi) is 7.93. The molecule has 1 unspecified atom stereocenters. The molecule has 0 spiro atoms. The zero-order valence-corrected chi connectivity index (χ0v) is 22.0. The lowest BCUT2D eigenvalue weighted by Crippen LogP contribution is -2.21. The Hall–Kier alpha value is -4.75. The fourth-order valence-electron chi connectivity index (χ4n) is 4.03.